The van der Waals surface area contributed by atoms with Crippen LogP contribution in [0.1, 0.15) is 12.5 Å². The molecule has 0 aliphatic carbocycles. The van der Waals surface area contributed by atoms with Crippen molar-refractivity contribution < 1.29 is 14.6 Å². The number of rotatable bonds is 3. The lowest BCUT2D eigenvalue weighted by Crippen LogP contribution is -2.35. The Morgan fingerprint density at radius 1 is 1.50 bits per heavy atom. The molecule has 1 rings (SSSR count). The maximum atomic E-state index is 11.0. The number of nitrogens with two attached hydrogens (primary N) is 1. The number of carbonyl (C=O) groups is 1. The first-order valence-corrected chi connectivity index (χ1v) is 4.16. The Kier molecular flexibility index (Phi) is 2.76. The molecular formula is C10H13NO3. The van der Waals surface area contributed by atoms with E-state index in [2.05, 4.69) is 0 Å². The number of anilines is 1. The Morgan fingerprint density at radius 2 is 2.07 bits per heavy atom. The van der Waals surface area contributed by atoms with Gasteiger partial charge in [-0.05, 0) is 13.0 Å². The van der Waals surface area contributed by atoms with E-state index in [0.29, 0.717) is 11.3 Å². The first-order chi connectivity index (χ1) is 6.52. The van der Waals surface area contributed by atoms with Crippen molar-refractivity contribution in [3.63, 3.8) is 0 Å². The van der Waals surface area contributed by atoms with E-state index in [1.54, 1.807) is 24.3 Å². The summed E-state index contributed by atoms with van der Waals surface area (Å²) in [6.07, 6.45) is 0. The largest absolute Gasteiger partial charge is 0.479 e. The molecule has 0 heterocycles. The Hall–Kier alpha value is -1.55. The van der Waals surface area contributed by atoms with Crippen molar-refractivity contribution in [1.82, 2.24) is 0 Å². The molecule has 0 aliphatic rings. The molecule has 3 N–H and O–H groups in total. The number of aliphatic carboxylic acids is 1. The average molecular weight is 195 g/mol. The smallest absolute Gasteiger partial charge is 0.340 e. The fourth-order valence-corrected chi connectivity index (χ4v) is 1.24. The van der Waals surface area contributed by atoms with Crippen molar-refractivity contribution in [2.45, 2.75) is 12.5 Å². The van der Waals surface area contributed by atoms with Crippen LogP contribution in [0.25, 0.3) is 0 Å². The molecule has 0 fully saturated rings. The molecular weight excluding hydrogens is 182 g/mol. The summed E-state index contributed by atoms with van der Waals surface area (Å²) in [6.45, 7) is 1.47. The van der Waals surface area contributed by atoms with Gasteiger partial charge in [-0.15, -0.1) is 0 Å². The number of ether oxygens (including phenoxy) is 1. The van der Waals surface area contributed by atoms with Crippen LogP contribution in [0.2, 0.25) is 0 Å². The first kappa shape index (κ1) is 10.5. The van der Waals surface area contributed by atoms with E-state index in [4.69, 9.17) is 15.6 Å². The number of nitrogen functional groups attached to an aromatic ring is 1. The molecule has 0 amide bonds. The van der Waals surface area contributed by atoms with Crippen LogP contribution in [-0.2, 0) is 15.1 Å². The molecule has 0 aromatic heterocycles. The van der Waals surface area contributed by atoms with Crippen molar-refractivity contribution in [3.05, 3.63) is 29.8 Å². The highest BCUT2D eigenvalue weighted by Crippen LogP contribution is 2.29. The van der Waals surface area contributed by atoms with Gasteiger partial charge in [0, 0.05) is 18.4 Å². The standard InChI is InChI=1S/C10H13NO3/c1-10(14-2,9(12)13)7-5-3-4-6-8(7)11/h3-6H,11H2,1-2H3,(H,12,13). The molecule has 0 aliphatic heterocycles. The minimum atomic E-state index is -1.38. The molecule has 0 saturated carbocycles. The lowest BCUT2D eigenvalue weighted by molar-refractivity contribution is -0.161. The molecule has 1 unspecified atom stereocenters. The summed E-state index contributed by atoms with van der Waals surface area (Å²) in [5.74, 6) is -1.06. The number of carboxylic acids is 1. The molecule has 0 saturated heterocycles. The molecule has 14 heavy (non-hydrogen) atoms. The zero-order valence-corrected chi connectivity index (χ0v) is 8.15. The molecule has 1 atom stereocenters. The van der Waals surface area contributed by atoms with Crippen LogP contribution in [0.3, 0.4) is 0 Å². The van der Waals surface area contributed by atoms with Gasteiger partial charge in [0.1, 0.15) is 0 Å². The number of methoxy groups -OCH3 is 1. The van der Waals surface area contributed by atoms with Crippen LogP contribution in [0, 0.1) is 0 Å². The van der Waals surface area contributed by atoms with E-state index < -0.39 is 11.6 Å². The third kappa shape index (κ3) is 1.56. The van der Waals surface area contributed by atoms with Crippen molar-refractivity contribution in [2.75, 3.05) is 12.8 Å². The van der Waals surface area contributed by atoms with E-state index >= 15 is 0 Å². The molecule has 4 heteroatoms. The van der Waals surface area contributed by atoms with E-state index in [0.717, 1.165) is 0 Å². The number of hydrogen-bond acceptors (Lipinski definition) is 3. The van der Waals surface area contributed by atoms with Gasteiger partial charge in [-0.25, -0.2) is 4.79 Å². The molecule has 76 valence electrons. The lowest BCUT2D eigenvalue weighted by atomic mass is 9.94. The SMILES string of the molecule is COC(C)(C(=O)O)c1ccccc1N. The summed E-state index contributed by atoms with van der Waals surface area (Å²) >= 11 is 0. The van der Waals surface area contributed by atoms with E-state index in [1.165, 1.54) is 14.0 Å². The maximum absolute atomic E-state index is 11.0. The summed E-state index contributed by atoms with van der Waals surface area (Å²) < 4.78 is 4.99. The van der Waals surface area contributed by atoms with Gasteiger partial charge in [0.05, 0.1) is 0 Å². The normalized spacial score (nSPS) is 14.7. The highest BCUT2D eigenvalue weighted by atomic mass is 16.5. The van der Waals surface area contributed by atoms with Gasteiger partial charge < -0.3 is 15.6 Å². The number of para-hydroxylation sites is 1. The van der Waals surface area contributed by atoms with Gasteiger partial charge in [-0.2, -0.15) is 0 Å². The van der Waals surface area contributed by atoms with Crippen molar-refractivity contribution in [2.24, 2.45) is 0 Å². The molecule has 0 bridgehead atoms. The molecule has 0 spiro atoms. The van der Waals surface area contributed by atoms with Crippen LogP contribution >= 0.6 is 0 Å². The lowest BCUT2D eigenvalue weighted by Gasteiger charge is -2.24. The summed E-state index contributed by atoms with van der Waals surface area (Å²) in [6, 6.07) is 6.77. The predicted octanol–water partition coefficient (Wildman–Crippen LogP) is 1.22. The van der Waals surface area contributed by atoms with Gasteiger partial charge in [0.25, 0.3) is 0 Å². The minimum absolute atomic E-state index is 0.416. The van der Waals surface area contributed by atoms with Crippen molar-refractivity contribution in [1.29, 1.82) is 0 Å². The number of benzene rings is 1. The second-order valence-electron chi connectivity index (χ2n) is 3.13. The van der Waals surface area contributed by atoms with E-state index in [1.807, 2.05) is 0 Å². The number of carboxylic acid groups (broad SMARTS) is 1. The zero-order valence-electron chi connectivity index (χ0n) is 8.15. The Morgan fingerprint density at radius 3 is 2.50 bits per heavy atom. The Balaban J connectivity index is 3.26. The van der Waals surface area contributed by atoms with Crippen LogP contribution in [0.5, 0.6) is 0 Å². The van der Waals surface area contributed by atoms with Crippen molar-refractivity contribution in [3.8, 4) is 0 Å². The van der Waals surface area contributed by atoms with Crippen LogP contribution in [0.15, 0.2) is 24.3 Å². The van der Waals surface area contributed by atoms with E-state index in [9.17, 15) is 4.79 Å². The van der Waals surface area contributed by atoms with Crippen LogP contribution in [-0.4, -0.2) is 18.2 Å². The van der Waals surface area contributed by atoms with Crippen LogP contribution < -0.4 is 5.73 Å². The predicted molar refractivity (Wildman–Crippen MR) is 52.9 cm³/mol. The second kappa shape index (κ2) is 3.67. The van der Waals surface area contributed by atoms with E-state index in [-0.39, 0.29) is 0 Å². The Labute approximate surface area is 82.3 Å². The molecule has 4 nitrogen and oxygen atoms in total. The summed E-state index contributed by atoms with van der Waals surface area (Å²) in [5, 5.41) is 9.03. The van der Waals surface area contributed by atoms with Gasteiger partial charge in [-0.1, -0.05) is 18.2 Å². The highest BCUT2D eigenvalue weighted by Gasteiger charge is 2.36. The molecule has 1 aromatic rings. The first-order valence-electron chi connectivity index (χ1n) is 4.16. The minimum Gasteiger partial charge on any atom is -0.479 e. The van der Waals surface area contributed by atoms with Gasteiger partial charge in [-0.3, -0.25) is 0 Å². The van der Waals surface area contributed by atoms with Gasteiger partial charge in [0.2, 0.25) is 0 Å². The summed E-state index contributed by atoms with van der Waals surface area (Å²) in [4.78, 5) is 11.0. The van der Waals surface area contributed by atoms with Gasteiger partial charge in [0.15, 0.2) is 5.60 Å². The quantitative estimate of drug-likeness (QED) is 0.711. The monoisotopic (exact) mass is 195 g/mol. The van der Waals surface area contributed by atoms with Gasteiger partial charge >= 0.3 is 5.97 Å². The van der Waals surface area contributed by atoms with Crippen molar-refractivity contribution >= 4 is 11.7 Å². The number of hydrogen-bond donors (Lipinski definition) is 2. The second-order valence-corrected chi connectivity index (χ2v) is 3.13. The summed E-state index contributed by atoms with van der Waals surface area (Å²) in [5.41, 5.74) is 5.18. The van der Waals surface area contributed by atoms with Crippen LogP contribution in [0.4, 0.5) is 5.69 Å². The molecule has 0 radical (unpaired) electrons. The third-order valence-electron chi connectivity index (χ3n) is 2.29. The highest BCUT2D eigenvalue weighted by molar-refractivity contribution is 5.81. The fourth-order valence-electron chi connectivity index (χ4n) is 1.24. The maximum Gasteiger partial charge on any atom is 0.340 e. The molecule has 1 aromatic carbocycles. The summed E-state index contributed by atoms with van der Waals surface area (Å²) in [7, 11) is 1.35. The topological polar surface area (TPSA) is 72.5 Å². The average Bonchev–Trinajstić information content (AvgIpc) is 2.17. The zero-order chi connectivity index (χ0) is 10.8. The third-order valence-corrected chi connectivity index (χ3v) is 2.29. The Bertz CT molecular complexity index is 351. The fraction of sp³-hybridized carbons (Fsp3) is 0.300.